The van der Waals surface area contributed by atoms with Gasteiger partial charge in [0.2, 0.25) is 0 Å². The molecule has 1 aliphatic rings. The molecule has 0 bridgehead atoms. The number of carbonyl (C=O) groups is 1. The van der Waals surface area contributed by atoms with Crippen LogP contribution in [-0.2, 0) is 0 Å². The van der Waals surface area contributed by atoms with E-state index in [0.717, 1.165) is 30.3 Å². The molecule has 1 amide bonds. The second kappa shape index (κ2) is 6.42. The zero-order chi connectivity index (χ0) is 13.7. The lowest BCUT2D eigenvalue weighted by atomic mass is 9.78. The first kappa shape index (κ1) is 14.4. The van der Waals surface area contributed by atoms with Crippen LogP contribution in [0.15, 0.2) is 24.3 Å². The van der Waals surface area contributed by atoms with E-state index < -0.39 is 0 Å². The van der Waals surface area contributed by atoms with E-state index in [0.29, 0.717) is 12.2 Å². The van der Waals surface area contributed by atoms with Gasteiger partial charge in [0.15, 0.2) is 0 Å². The van der Waals surface area contributed by atoms with Gasteiger partial charge >= 0.3 is 0 Å². The van der Waals surface area contributed by atoms with Crippen molar-refractivity contribution < 1.29 is 9.53 Å². The van der Waals surface area contributed by atoms with Crippen LogP contribution in [0.2, 0.25) is 0 Å². The average molecular weight is 326 g/mol. The lowest BCUT2D eigenvalue weighted by Gasteiger charge is -2.41. The number of ether oxygens (including phenoxy) is 1. The smallest absolute Gasteiger partial charge is 0.251 e. The highest BCUT2D eigenvalue weighted by Crippen LogP contribution is 2.33. The molecule has 19 heavy (non-hydrogen) atoms. The van der Waals surface area contributed by atoms with Gasteiger partial charge in [-0.15, -0.1) is 0 Å². The molecule has 1 aromatic rings. The van der Waals surface area contributed by atoms with Crippen LogP contribution in [-0.4, -0.2) is 23.4 Å². The maximum absolute atomic E-state index is 12.3. The van der Waals surface area contributed by atoms with E-state index in [4.69, 9.17) is 4.74 Å². The van der Waals surface area contributed by atoms with Crippen molar-refractivity contribution in [2.45, 2.75) is 38.1 Å². The maximum Gasteiger partial charge on any atom is 0.251 e. The minimum absolute atomic E-state index is 0.0129. The Morgan fingerprint density at radius 3 is 2.84 bits per heavy atom. The lowest BCUT2D eigenvalue weighted by molar-refractivity contribution is 0.0856. The van der Waals surface area contributed by atoms with Crippen LogP contribution in [0.1, 0.15) is 43.0 Å². The van der Waals surface area contributed by atoms with E-state index in [-0.39, 0.29) is 11.4 Å². The predicted octanol–water partition coefficient (Wildman–Crippen LogP) is 3.52. The summed E-state index contributed by atoms with van der Waals surface area (Å²) in [5.74, 6) is 0.747. The molecule has 2 rings (SSSR count). The number of hydrogen-bond donors (Lipinski definition) is 1. The molecule has 0 radical (unpaired) electrons. The molecule has 1 aliphatic carbocycles. The standard InChI is InChI=1S/C15H20BrNO2/c1-2-9-19-13-6-3-5-12(10-13)14(18)17-15(11-16)7-4-8-15/h3,5-6,10H,2,4,7-9,11H2,1H3,(H,17,18). The van der Waals surface area contributed by atoms with Gasteiger partial charge in [0.05, 0.1) is 12.1 Å². The Morgan fingerprint density at radius 2 is 2.26 bits per heavy atom. The van der Waals surface area contributed by atoms with Gasteiger partial charge in [-0.25, -0.2) is 0 Å². The summed E-state index contributed by atoms with van der Waals surface area (Å²) in [4.78, 5) is 12.3. The van der Waals surface area contributed by atoms with Crippen molar-refractivity contribution in [3.05, 3.63) is 29.8 Å². The summed E-state index contributed by atoms with van der Waals surface area (Å²) in [6, 6.07) is 7.39. The van der Waals surface area contributed by atoms with Crippen LogP contribution in [0.4, 0.5) is 0 Å². The molecule has 3 nitrogen and oxygen atoms in total. The van der Waals surface area contributed by atoms with Crippen molar-refractivity contribution in [2.24, 2.45) is 0 Å². The maximum atomic E-state index is 12.3. The highest BCUT2D eigenvalue weighted by Gasteiger charge is 2.37. The van der Waals surface area contributed by atoms with E-state index in [1.807, 2.05) is 24.3 Å². The molecule has 0 saturated heterocycles. The second-order valence-electron chi connectivity index (χ2n) is 5.10. The molecular weight excluding hydrogens is 306 g/mol. The fourth-order valence-electron chi connectivity index (χ4n) is 2.16. The fraction of sp³-hybridized carbons (Fsp3) is 0.533. The monoisotopic (exact) mass is 325 g/mol. The minimum atomic E-state index is -0.0443. The van der Waals surface area contributed by atoms with E-state index >= 15 is 0 Å². The number of carbonyl (C=O) groups excluding carboxylic acids is 1. The van der Waals surface area contributed by atoms with Gasteiger partial charge in [-0.1, -0.05) is 28.9 Å². The Balaban J connectivity index is 2.02. The first-order valence-corrected chi connectivity index (χ1v) is 7.92. The number of benzene rings is 1. The molecule has 0 heterocycles. The molecule has 1 aromatic carbocycles. The number of amides is 1. The number of hydrogen-bond acceptors (Lipinski definition) is 2. The summed E-state index contributed by atoms with van der Waals surface area (Å²) in [5.41, 5.74) is 0.623. The topological polar surface area (TPSA) is 38.3 Å². The Labute approximate surface area is 122 Å². The summed E-state index contributed by atoms with van der Waals surface area (Å²) in [7, 11) is 0. The quantitative estimate of drug-likeness (QED) is 0.812. The summed E-state index contributed by atoms with van der Waals surface area (Å²) in [5, 5.41) is 3.96. The number of rotatable bonds is 6. The van der Waals surface area contributed by atoms with Crippen molar-refractivity contribution >= 4 is 21.8 Å². The van der Waals surface area contributed by atoms with Gasteiger partial charge in [-0.2, -0.15) is 0 Å². The van der Waals surface area contributed by atoms with Crippen LogP contribution < -0.4 is 10.1 Å². The predicted molar refractivity (Wildman–Crippen MR) is 80.1 cm³/mol. The van der Waals surface area contributed by atoms with Gasteiger partial charge in [0, 0.05) is 10.9 Å². The SMILES string of the molecule is CCCOc1cccc(C(=O)NC2(CBr)CCC2)c1. The Hall–Kier alpha value is -1.03. The van der Waals surface area contributed by atoms with Crippen LogP contribution >= 0.6 is 15.9 Å². The lowest BCUT2D eigenvalue weighted by Crippen LogP contribution is -2.54. The van der Waals surface area contributed by atoms with Gasteiger partial charge in [-0.3, -0.25) is 4.79 Å². The molecule has 1 saturated carbocycles. The Morgan fingerprint density at radius 1 is 1.47 bits per heavy atom. The van der Waals surface area contributed by atoms with E-state index in [2.05, 4.69) is 28.2 Å². The van der Waals surface area contributed by atoms with E-state index in [9.17, 15) is 4.79 Å². The van der Waals surface area contributed by atoms with Crippen molar-refractivity contribution in [2.75, 3.05) is 11.9 Å². The van der Waals surface area contributed by atoms with Gasteiger partial charge in [0.1, 0.15) is 5.75 Å². The largest absolute Gasteiger partial charge is 0.494 e. The molecule has 4 heteroatoms. The second-order valence-corrected chi connectivity index (χ2v) is 5.66. The van der Waals surface area contributed by atoms with Crippen LogP contribution in [0, 0.1) is 0 Å². The Bertz CT molecular complexity index is 438. The molecule has 1 fully saturated rings. The number of halogens is 1. The van der Waals surface area contributed by atoms with Crippen molar-refractivity contribution in [1.29, 1.82) is 0 Å². The first-order valence-electron chi connectivity index (χ1n) is 6.80. The van der Waals surface area contributed by atoms with Crippen LogP contribution in [0.5, 0.6) is 5.75 Å². The van der Waals surface area contributed by atoms with Gasteiger partial charge in [-0.05, 0) is 43.9 Å². The van der Waals surface area contributed by atoms with Gasteiger partial charge in [0.25, 0.3) is 5.91 Å². The molecule has 104 valence electrons. The van der Waals surface area contributed by atoms with Crippen molar-refractivity contribution in [1.82, 2.24) is 5.32 Å². The summed E-state index contributed by atoms with van der Waals surface area (Å²) >= 11 is 3.49. The number of alkyl halides is 1. The van der Waals surface area contributed by atoms with Crippen molar-refractivity contribution in [3.8, 4) is 5.75 Å². The molecule has 0 unspecified atom stereocenters. The molecule has 0 aliphatic heterocycles. The zero-order valence-corrected chi connectivity index (χ0v) is 12.8. The Kier molecular flexibility index (Phi) is 4.86. The molecular formula is C15H20BrNO2. The third kappa shape index (κ3) is 3.50. The molecule has 0 atom stereocenters. The van der Waals surface area contributed by atoms with Crippen LogP contribution in [0.25, 0.3) is 0 Å². The highest BCUT2D eigenvalue weighted by molar-refractivity contribution is 9.09. The van der Waals surface area contributed by atoms with Gasteiger partial charge < -0.3 is 10.1 Å². The van der Waals surface area contributed by atoms with Crippen molar-refractivity contribution in [3.63, 3.8) is 0 Å². The number of nitrogens with one attached hydrogen (secondary N) is 1. The molecule has 1 N–H and O–H groups in total. The summed E-state index contributed by atoms with van der Waals surface area (Å²) in [6.45, 7) is 2.74. The zero-order valence-electron chi connectivity index (χ0n) is 11.2. The van der Waals surface area contributed by atoms with E-state index in [1.54, 1.807) is 0 Å². The first-order chi connectivity index (χ1) is 9.19. The molecule has 0 aromatic heterocycles. The van der Waals surface area contributed by atoms with E-state index in [1.165, 1.54) is 6.42 Å². The normalized spacial score (nSPS) is 16.5. The third-order valence-electron chi connectivity index (χ3n) is 3.51. The average Bonchev–Trinajstić information content (AvgIpc) is 2.40. The highest BCUT2D eigenvalue weighted by atomic mass is 79.9. The summed E-state index contributed by atoms with van der Waals surface area (Å²) < 4.78 is 5.55. The molecule has 0 spiro atoms. The summed E-state index contributed by atoms with van der Waals surface area (Å²) in [6.07, 6.45) is 4.25. The minimum Gasteiger partial charge on any atom is -0.494 e. The van der Waals surface area contributed by atoms with Crippen LogP contribution in [0.3, 0.4) is 0 Å². The fourth-order valence-corrected chi connectivity index (χ4v) is 2.86. The third-order valence-corrected chi connectivity index (χ3v) is 4.59.